The molecule has 0 saturated carbocycles. The van der Waals surface area contributed by atoms with Gasteiger partial charge < -0.3 is 29.0 Å². The van der Waals surface area contributed by atoms with Gasteiger partial charge in [-0.25, -0.2) is 40.7 Å². The van der Waals surface area contributed by atoms with Crippen molar-refractivity contribution in [2.75, 3.05) is 6.54 Å². The normalized spacial score (nSPS) is 20.2. The molecule has 7 atom stereocenters. The van der Waals surface area contributed by atoms with Gasteiger partial charge in [0, 0.05) is 18.5 Å². The average molecular weight is 727 g/mol. The van der Waals surface area contributed by atoms with E-state index >= 15 is 0 Å². The Bertz CT molecular complexity index is 1600. The Morgan fingerprint density at radius 1 is 0.830 bits per heavy atom. The van der Waals surface area contributed by atoms with E-state index in [0.29, 0.717) is 17.9 Å². The fraction of sp³-hybridized carbons (Fsp3) is 0.630. The maximum absolute atomic E-state index is 13.0. The Morgan fingerprint density at radius 2 is 1.26 bits per heavy atom. The highest BCUT2D eigenvalue weighted by Gasteiger charge is 2.40. The molecule has 1 aromatic heterocycles. The lowest BCUT2D eigenvalue weighted by atomic mass is 10.1. The molecule has 1 amide bonds. The fourth-order valence-corrected chi connectivity index (χ4v) is 9.05. The summed E-state index contributed by atoms with van der Waals surface area (Å²) in [4.78, 5) is 72.5. The summed E-state index contributed by atoms with van der Waals surface area (Å²) >= 11 is 0.502. The number of hydrogen-bond donors (Lipinski definition) is 2. The first-order chi connectivity index (χ1) is 21.6. The predicted molar refractivity (Wildman–Crippen MR) is 161 cm³/mol. The largest absolute Gasteiger partial charge is 0.451 e. The molecule has 47 heavy (non-hydrogen) atoms. The number of carbonyl (C=O) groups is 6. The minimum Gasteiger partial charge on any atom is -0.451 e. The predicted octanol–water partition coefficient (Wildman–Crippen LogP) is 0.448. The van der Waals surface area contributed by atoms with E-state index in [4.69, 9.17) is 18.9 Å². The second-order valence-corrected chi connectivity index (χ2v) is 16.1. The second kappa shape index (κ2) is 16.0. The molecule has 0 aromatic carbocycles. The number of rotatable bonds is 14. The molecule has 0 spiro atoms. The van der Waals surface area contributed by atoms with Gasteiger partial charge in [0.05, 0.1) is 5.25 Å². The molecule has 17 nitrogen and oxygen atoms in total. The van der Waals surface area contributed by atoms with Gasteiger partial charge in [-0.3, -0.25) is 9.59 Å². The first-order valence-electron chi connectivity index (χ1n) is 14.3. The van der Waals surface area contributed by atoms with Gasteiger partial charge in [-0.05, 0) is 60.6 Å². The van der Waals surface area contributed by atoms with Gasteiger partial charge >= 0.3 is 29.8 Å². The lowest BCUT2D eigenvalue weighted by molar-refractivity contribution is -0.185. The third kappa shape index (κ3) is 10.2. The monoisotopic (exact) mass is 726 g/mol. The van der Waals surface area contributed by atoms with Crippen molar-refractivity contribution in [3.05, 3.63) is 11.6 Å². The highest BCUT2D eigenvalue weighted by atomic mass is 32.3. The lowest BCUT2D eigenvalue weighted by Gasteiger charge is -2.27. The van der Waals surface area contributed by atoms with Crippen molar-refractivity contribution < 1.29 is 69.3 Å². The molecular weight excluding hydrogens is 688 g/mol. The van der Waals surface area contributed by atoms with Crippen molar-refractivity contribution >= 4 is 67.0 Å². The summed E-state index contributed by atoms with van der Waals surface area (Å²) in [5, 5.41) is 2.37. The Kier molecular flexibility index (Phi) is 13.5. The summed E-state index contributed by atoms with van der Waals surface area (Å²) in [5.74, 6) is -6.68. The third-order valence-electron chi connectivity index (χ3n) is 6.60. The number of amides is 1. The molecule has 20 heteroatoms. The minimum absolute atomic E-state index is 0.116. The first-order valence-corrected chi connectivity index (χ1v) is 18.1. The quantitative estimate of drug-likeness (QED) is 0.195. The van der Waals surface area contributed by atoms with Crippen LogP contribution >= 0.6 is 11.3 Å². The van der Waals surface area contributed by atoms with Gasteiger partial charge in [-0.15, -0.1) is 11.3 Å². The smallest absolute Gasteiger partial charge is 0.347 e. The van der Waals surface area contributed by atoms with Gasteiger partial charge in [0.15, 0.2) is 40.4 Å². The average Bonchev–Trinajstić information content (AvgIpc) is 3.43. The maximum Gasteiger partial charge on any atom is 0.347 e. The first kappa shape index (κ1) is 39.6. The van der Waals surface area contributed by atoms with E-state index in [1.54, 1.807) is 4.72 Å². The molecule has 1 aliphatic heterocycles. The van der Waals surface area contributed by atoms with Gasteiger partial charge in [0.2, 0.25) is 0 Å². The lowest BCUT2D eigenvalue weighted by Crippen LogP contribution is -2.41. The van der Waals surface area contributed by atoms with E-state index < -0.39 is 102 Å². The fourth-order valence-electron chi connectivity index (χ4n) is 4.01. The van der Waals surface area contributed by atoms with E-state index in [2.05, 4.69) is 10.1 Å². The number of hydrogen-bond acceptors (Lipinski definition) is 17. The molecular formula is C27H38N2O15S3. The van der Waals surface area contributed by atoms with E-state index in [0.717, 1.165) is 34.6 Å². The van der Waals surface area contributed by atoms with Crippen LogP contribution in [0.15, 0.2) is 14.5 Å². The summed E-state index contributed by atoms with van der Waals surface area (Å²) in [6.45, 7) is 10.5. The number of ether oxygens (including phenoxy) is 5. The van der Waals surface area contributed by atoms with E-state index in [-0.39, 0.29) is 16.2 Å². The number of esters is 5. The minimum atomic E-state index is -4.58. The van der Waals surface area contributed by atoms with Crippen LogP contribution in [0, 0.1) is 0 Å². The van der Waals surface area contributed by atoms with Crippen LogP contribution < -0.4 is 10.0 Å². The van der Waals surface area contributed by atoms with Gasteiger partial charge in [-0.1, -0.05) is 6.92 Å². The number of sulfonamides is 1. The molecule has 0 aliphatic carbocycles. The van der Waals surface area contributed by atoms with Crippen molar-refractivity contribution in [1.29, 1.82) is 0 Å². The number of fused-ring (bicyclic) bond motifs is 1. The van der Waals surface area contributed by atoms with Crippen molar-refractivity contribution in [2.45, 2.75) is 112 Å². The number of sulfone groups is 1. The zero-order valence-corrected chi connectivity index (χ0v) is 29.3. The molecule has 1 aromatic rings. The van der Waals surface area contributed by atoms with E-state index in [1.165, 1.54) is 19.9 Å². The van der Waals surface area contributed by atoms with Gasteiger partial charge in [-0.2, -0.15) is 0 Å². The third-order valence-corrected chi connectivity index (χ3v) is 12.3. The van der Waals surface area contributed by atoms with Crippen LogP contribution in [0.3, 0.4) is 0 Å². The Labute approximate surface area is 275 Å². The standard InChI is InChI=1S/C27H38N2O15S3/c1-9-28-20-10-12(2)46(36,37)27-19(20)11-21(45-27)47(38,39)29-22(31)13(3)41-24(33)15(5)43-26(35)17(7)44-25(34)16(6)42-23(32)14(4)40-18(8)30/h11-17,20,28H,9-10H2,1-8H3,(H,29,31)/t12-,13?,14?,15?,16?,17?,20-/m0/s1. The Hall–Kier alpha value is -3.62. The summed E-state index contributed by atoms with van der Waals surface area (Å²) in [6.07, 6.45) is -7.51. The van der Waals surface area contributed by atoms with E-state index in [9.17, 15) is 45.6 Å². The molecule has 0 radical (unpaired) electrons. The van der Waals surface area contributed by atoms with Crippen LogP contribution in [0.4, 0.5) is 0 Å². The summed E-state index contributed by atoms with van der Waals surface area (Å²) in [7, 11) is -8.37. The second-order valence-electron chi connectivity index (χ2n) is 10.5. The van der Waals surface area contributed by atoms with Crippen LogP contribution in [0.1, 0.15) is 73.4 Å². The van der Waals surface area contributed by atoms with Crippen LogP contribution in [0.25, 0.3) is 0 Å². The molecule has 264 valence electrons. The number of nitrogens with one attached hydrogen (secondary N) is 2. The highest BCUT2D eigenvalue weighted by molar-refractivity contribution is 7.95. The van der Waals surface area contributed by atoms with Gasteiger partial charge in [0.1, 0.15) is 8.42 Å². The van der Waals surface area contributed by atoms with Crippen molar-refractivity contribution in [3.8, 4) is 0 Å². The molecule has 5 unspecified atom stereocenters. The van der Waals surface area contributed by atoms with Crippen LogP contribution in [0.2, 0.25) is 0 Å². The Balaban J connectivity index is 1.96. The molecule has 2 N–H and O–H groups in total. The molecule has 1 aliphatic rings. The maximum atomic E-state index is 13.0. The summed E-state index contributed by atoms with van der Waals surface area (Å²) < 4.78 is 77.1. The SMILES string of the molecule is CCN[C@H]1C[C@H](C)S(=O)(=O)c2sc(S(=O)(=O)NC(=O)C(C)OC(=O)C(C)OC(=O)C(C)OC(=O)C(C)OC(=O)C(C)OC(C)=O)cc21. The number of thiophene rings is 1. The van der Waals surface area contributed by atoms with Crippen molar-refractivity contribution in [3.63, 3.8) is 0 Å². The van der Waals surface area contributed by atoms with Crippen LogP contribution in [-0.2, 0) is 72.3 Å². The topological polar surface area (TPSA) is 241 Å². The summed E-state index contributed by atoms with van der Waals surface area (Å²) in [5.41, 5.74) is 0.280. The van der Waals surface area contributed by atoms with Crippen molar-refractivity contribution in [2.24, 2.45) is 0 Å². The number of carbonyl (C=O) groups excluding carboxylic acids is 6. The van der Waals surface area contributed by atoms with Gasteiger partial charge in [0.25, 0.3) is 15.9 Å². The molecule has 2 rings (SSSR count). The Morgan fingerprint density at radius 3 is 1.68 bits per heavy atom. The highest BCUT2D eigenvalue weighted by Crippen LogP contribution is 2.42. The molecule has 2 heterocycles. The molecule has 0 saturated heterocycles. The summed E-state index contributed by atoms with van der Waals surface area (Å²) in [6, 6.07) is 0.774. The van der Waals surface area contributed by atoms with E-state index in [1.807, 2.05) is 6.92 Å². The van der Waals surface area contributed by atoms with Crippen molar-refractivity contribution in [1.82, 2.24) is 10.0 Å². The molecule has 0 fully saturated rings. The van der Waals surface area contributed by atoms with Crippen LogP contribution in [-0.4, -0.2) is 94.9 Å². The zero-order valence-electron chi connectivity index (χ0n) is 26.9. The molecule has 0 bridgehead atoms. The van der Waals surface area contributed by atoms with Crippen LogP contribution in [0.5, 0.6) is 0 Å². The zero-order chi connectivity index (χ0) is 36.0.